The van der Waals surface area contributed by atoms with Gasteiger partial charge in [-0.05, 0) is 43.5 Å². The number of anilines is 2. The topological polar surface area (TPSA) is 61.4 Å². The molecule has 4 rings (SSSR count). The van der Waals surface area contributed by atoms with Gasteiger partial charge in [0.1, 0.15) is 11.6 Å². The Morgan fingerprint density at radius 1 is 1.03 bits per heavy atom. The first-order valence-electron chi connectivity index (χ1n) is 11.5. The highest BCUT2D eigenvalue weighted by atomic mass is 35.5. The fourth-order valence-corrected chi connectivity index (χ4v) is 4.46. The Hall–Kier alpha value is -3.12. The monoisotopic (exact) mass is 463 g/mol. The zero-order valence-electron chi connectivity index (χ0n) is 19.2. The highest BCUT2D eigenvalue weighted by Gasteiger charge is 2.23. The molecule has 0 radical (unpaired) electrons. The minimum atomic E-state index is -0.100. The maximum absolute atomic E-state index is 12.9. The first-order valence-corrected chi connectivity index (χ1v) is 11.9. The van der Waals surface area contributed by atoms with Gasteiger partial charge in [0.25, 0.3) is 0 Å². The van der Waals surface area contributed by atoms with Crippen molar-refractivity contribution in [2.24, 2.45) is 0 Å². The lowest BCUT2D eigenvalue weighted by molar-refractivity contribution is 0.215. The summed E-state index contributed by atoms with van der Waals surface area (Å²) < 4.78 is 0. The van der Waals surface area contributed by atoms with Gasteiger partial charge < -0.3 is 15.1 Å². The van der Waals surface area contributed by atoms with E-state index in [1.165, 1.54) is 11.1 Å². The molecule has 0 bridgehead atoms. The summed E-state index contributed by atoms with van der Waals surface area (Å²) in [5.74, 6) is 1.79. The Kier molecular flexibility index (Phi) is 7.45. The predicted octanol–water partition coefficient (Wildman–Crippen LogP) is 5.34. The molecule has 172 valence electrons. The molecule has 7 heteroatoms. The predicted molar refractivity (Wildman–Crippen MR) is 134 cm³/mol. The van der Waals surface area contributed by atoms with Crippen molar-refractivity contribution in [2.75, 3.05) is 36.4 Å². The van der Waals surface area contributed by atoms with Crippen LogP contribution in [-0.2, 0) is 12.8 Å². The van der Waals surface area contributed by atoms with Gasteiger partial charge in [-0.1, -0.05) is 54.9 Å². The van der Waals surface area contributed by atoms with Crippen molar-refractivity contribution in [3.63, 3.8) is 0 Å². The molecule has 3 aromatic rings. The van der Waals surface area contributed by atoms with E-state index in [9.17, 15) is 4.79 Å². The van der Waals surface area contributed by atoms with E-state index in [2.05, 4.69) is 41.4 Å². The molecule has 0 unspecified atom stereocenters. The van der Waals surface area contributed by atoms with Crippen LogP contribution in [0.2, 0.25) is 5.02 Å². The lowest BCUT2D eigenvalue weighted by Gasteiger charge is -2.26. The van der Waals surface area contributed by atoms with Gasteiger partial charge in [-0.15, -0.1) is 0 Å². The molecule has 1 N–H and O–H groups in total. The number of carbonyl (C=O) groups excluding carboxylic acids is 1. The van der Waals surface area contributed by atoms with E-state index in [1.54, 1.807) is 12.1 Å². The number of urea groups is 1. The van der Waals surface area contributed by atoms with Crippen LogP contribution >= 0.6 is 11.6 Å². The van der Waals surface area contributed by atoms with Crippen molar-refractivity contribution < 1.29 is 4.79 Å². The SMILES string of the molecule is CCc1nc(C)nc(N2CCCN(C(=O)Nc3cccc(Cl)c3)CC2)c1Cc1ccccc1. The number of aryl methyl sites for hydroxylation is 2. The first-order chi connectivity index (χ1) is 16.0. The van der Waals surface area contributed by atoms with Crippen molar-refractivity contribution in [1.82, 2.24) is 14.9 Å². The zero-order chi connectivity index (χ0) is 23.2. The number of halogens is 1. The molecule has 0 aliphatic carbocycles. The average Bonchev–Trinajstić information content (AvgIpc) is 3.07. The quantitative estimate of drug-likeness (QED) is 0.555. The number of aromatic nitrogens is 2. The summed E-state index contributed by atoms with van der Waals surface area (Å²) in [4.78, 5) is 26.7. The smallest absolute Gasteiger partial charge is 0.321 e. The van der Waals surface area contributed by atoms with Gasteiger partial charge in [0.05, 0.1) is 0 Å². The zero-order valence-corrected chi connectivity index (χ0v) is 20.0. The van der Waals surface area contributed by atoms with Crippen LogP contribution in [0.15, 0.2) is 54.6 Å². The van der Waals surface area contributed by atoms with Gasteiger partial charge in [-0.25, -0.2) is 14.8 Å². The van der Waals surface area contributed by atoms with Crippen LogP contribution in [0.25, 0.3) is 0 Å². The molecule has 0 atom stereocenters. The molecule has 1 saturated heterocycles. The molecular weight excluding hydrogens is 434 g/mol. The number of carbonyl (C=O) groups is 1. The molecule has 1 aliphatic rings. The van der Waals surface area contributed by atoms with Crippen molar-refractivity contribution in [1.29, 1.82) is 0 Å². The summed E-state index contributed by atoms with van der Waals surface area (Å²) in [5, 5.41) is 3.57. The van der Waals surface area contributed by atoms with E-state index in [0.717, 1.165) is 49.7 Å². The maximum Gasteiger partial charge on any atom is 0.321 e. The molecule has 0 spiro atoms. The van der Waals surface area contributed by atoms with E-state index in [1.807, 2.05) is 30.0 Å². The number of nitrogens with zero attached hydrogens (tertiary/aromatic N) is 4. The second-order valence-electron chi connectivity index (χ2n) is 8.30. The Bertz CT molecular complexity index is 1110. The van der Waals surface area contributed by atoms with Gasteiger partial charge in [-0.3, -0.25) is 0 Å². The number of hydrogen-bond donors (Lipinski definition) is 1. The minimum absolute atomic E-state index is 0.100. The van der Waals surface area contributed by atoms with Gasteiger partial charge in [0, 0.05) is 54.6 Å². The fourth-order valence-electron chi connectivity index (χ4n) is 4.27. The van der Waals surface area contributed by atoms with E-state index >= 15 is 0 Å². The number of hydrogen-bond acceptors (Lipinski definition) is 4. The van der Waals surface area contributed by atoms with Crippen LogP contribution in [-0.4, -0.2) is 47.1 Å². The standard InChI is InChI=1S/C26H30ClN5O/c1-3-24-23(17-20-9-5-4-6-10-20)25(29-19(2)28-24)31-13-8-14-32(16-15-31)26(33)30-22-12-7-11-21(27)18-22/h4-7,9-12,18H,3,8,13-17H2,1-2H3,(H,30,33). The van der Waals surface area contributed by atoms with Gasteiger partial charge >= 0.3 is 6.03 Å². The molecule has 1 fully saturated rings. The fraction of sp³-hybridized carbons (Fsp3) is 0.346. The summed E-state index contributed by atoms with van der Waals surface area (Å²) in [6.45, 7) is 7.00. The molecule has 6 nitrogen and oxygen atoms in total. The van der Waals surface area contributed by atoms with Crippen LogP contribution < -0.4 is 10.2 Å². The third-order valence-corrected chi connectivity index (χ3v) is 6.13. The molecular formula is C26H30ClN5O. The molecule has 1 aliphatic heterocycles. The molecule has 2 amide bonds. The Labute approximate surface area is 200 Å². The summed E-state index contributed by atoms with van der Waals surface area (Å²) in [6.07, 6.45) is 2.54. The highest BCUT2D eigenvalue weighted by Crippen LogP contribution is 2.26. The van der Waals surface area contributed by atoms with Crippen LogP contribution in [0, 0.1) is 6.92 Å². The van der Waals surface area contributed by atoms with Crippen molar-refractivity contribution in [3.05, 3.63) is 82.3 Å². The third kappa shape index (κ3) is 5.82. The number of benzene rings is 2. The van der Waals surface area contributed by atoms with E-state index in [4.69, 9.17) is 21.6 Å². The second kappa shape index (κ2) is 10.7. The minimum Gasteiger partial charge on any atom is -0.354 e. The Morgan fingerprint density at radius 2 is 1.85 bits per heavy atom. The number of rotatable bonds is 5. The molecule has 1 aromatic heterocycles. The van der Waals surface area contributed by atoms with Crippen molar-refractivity contribution >= 4 is 29.1 Å². The first kappa shape index (κ1) is 23.1. The third-order valence-electron chi connectivity index (χ3n) is 5.90. The van der Waals surface area contributed by atoms with Gasteiger partial charge in [0.15, 0.2) is 0 Å². The summed E-state index contributed by atoms with van der Waals surface area (Å²) in [6, 6.07) is 17.6. The normalized spacial score (nSPS) is 14.2. The summed E-state index contributed by atoms with van der Waals surface area (Å²) in [7, 11) is 0. The van der Waals surface area contributed by atoms with Crippen LogP contribution in [0.5, 0.6) is 0 Å². The van der Waals surface area contributed by atoms with Gasteiger partial charge in [-0.2, -0.15) is 0 Å². The maximum atomic E-state index is 12.9. The summed E-state index contributed by atoms with van der Waals surface area (Å²) >= 11 is 6.05. The largest absolute Gasteiger partial charge is 0.354 e. The molecule has 0 saturated carbocycles. The Balaban J connectivity index is 1.52. The highest BCUT2D eigenvalue weighted by molar-refractivity contribution is 6.30. The lowest BCUT2D eigenvalue weighted by Crippen LogP contribution is -2.38. The van der Waals surface area contributed by atoms with Crippen molar-refractivity contribution in [2.45, 2.75) is 33.1 Å². The Morgan fingerprint density at radius 3 is 2.61 bits per heavy atom. The van der Waals surface area contributed by atoms with Crippen LogP contribution in [0.4, 0.5) is 16.3 Å². The molecule has 2 heterocycles. The number of nitrogens with one attached hydrogen (secondary N) is 1. The average molecular weight is 464 g/mol. The van der Waals surface area contributed by atoms with E-state index in [0.29, 0.717) is 23.8 Å². The van der Waals surface area contributed by atoms with Gasteiger partial charge in [0.2, 0.25) is 0 Å². The molecule has 2 aromatic carbocycles. The van der Waals surface area contributed by atoms with Crippen LogP contribution in [0.1, 0.15) is 36.0 Å². The second-order valence-corrected chi connectivity index (χ2v) is 8.74. The summed E-state index contributed by atoms with van der Waals surface area (Å²) in [5.41, 5.74) is 4.24. The lowest BCUT2D eigenvalue weighted by atomic mass is 10.0. The van der Waals surface area contributed by atoms with E-state index in [-0.39, 0.29) is 6.03 Å². The molecule has 33 heavy (non-hydrogen) atoms. The van der Waals surface area contributed by atoms with E-state index < -0.39 is 0 Å². The number of amides is 2. The van der Waals surface area contributed by atoms with Crippen LogP contribution in [0.3, 0.4) is 0 Å². The van der Waals surface area contributed by atoms with Crippen molar-refractivity contribution in [3.8, 4) is 0 Å².